The number of fused-ring (bicyclic) bond motifs is 1. The van der Waals surface area contributed by atoms with Crippen molar-refractivity contribution in [2.24, 2.45) is 0 Å². The van der Waals surface area contributed by atoms with Crippen LogP contribution < -0.4 is 11.0 Å². The van der Waals surface area contributed by atoms with Gasteiger partial charge in [-0.1, -0.05) is 36.8 Å². The van der Waals surface area contributed by atoms with Gasteiger partial charge in [-0.25, -0.2) is 9.78 Å². The number of nitrogens with zero attached hydrogens (tertiary/aromatic N) is 4. The third-order valence-corrected chi connectivity index (χ3v) is 5.89. The number of likely N-dealkylation sites (tertiary alicyclic amines) is 1. The summed E-state index contributed by atoms with van der Waals surface area (Å²) < 4.78 is 0.459. The van der Waals surface area contributed by atoms with Crippen molar-refractivity contribution < 1.29 is 5.21 Å². The Balaban J connectivity index is 1.36. The maximum Gasteiger partial charge on any atom is 0.384 e. The first-order valence-corrected chi connectivity index (χ1v) is 10.9. The number of pyridine rings is 1. The monoisotopic (exact) mass is 427 g/mol. The fourth-order valence-corrected chi connectivity index (χ4v) is 4.25. The molecule has 1 aliphatic rings. The summed E-state index contributed by atoms with van der Waals surface area (Å²) in [5.41, 5.74) is 3.83. The summed E-state index contributed by atoms with van der Waals surface area (Å²) in [6, 6.07) is 20.2. The zero-order valence-corrected chi connectivity index (χ0v) is 17.7. The molecule has 1 fully saturated rings. The second-order valence-corrected chi connectivity index (χ2v) is 8.17. The fourth-order valence-electron chi connectivity index (χ4n) is 4.25. The van der Waals surface area contributed by atoms with Gasteiger partial charge in [-0.2, -0.15) is 4.98 Å². The van der Waals surface area contributed by atoms with Crippen molar-refractivity contribution in [1.29, 1.82) is 0 Å². The molecular weight excluding hydrogens is 402 g/mol. The van der Waals surface area contributed by atoms with Crippen LogP contribution in [0.3, 0.4) is 0 Å². The number of benzene rings is 2. The van der Waals surface area contributed by atoms with Gasteiger partial charge in [0.25, 0.3) is 0 Å². The van der Waals surface area contributed by atoms with E-state index in [9.17, 15) is 10.0 Å². The maximum absolute atomic E-state index is 12.0. The molecule has 7 nitrogen and oxygen atoms in total. The number of anilines is 2. The molecule has 5 rings (SSSR count). The predicted octanol–water partition coefficient (Wildman–Crippen LogP) is 4.43. The van der Waals surface area contributed by atoms with Gasteiger partial charge in [-0.05, 0) is 73.0 Å². The molecule has 7 heteroatoms. The second-order valence-electron chi connectivity index (χ2n) is 8.17. The highest BCUT2D eigenvalue weighted by Gasteiger charge is 2.12. The number of hydrogen-bond acceptors (Lipinski definition) is 6. The van der Waals surface area contributed by atoms with Gasteiger partial charge in [-0.15, -0.1) is 4.73 Å². The lowest BCUT2D eigenvalue weighted by Gasteiger charge is -2.26. The predicted molar refractivity (Wildman–Crippen MR) is 125 cm³/mol. The van der Waals surface area contributed by atoms with Crippen molar-refractivity contribution in [2.75, 3.05) is 18.4 Å². The van der Waals surface area contributed by atoms with E-state index in [-0.39, 0.29) is 5.65 Å². The number of nitrogens with one attached hydrogen (secondary N) is 1. The summed E-state index contributed by atoms with van der Waals surface area (Å²) in [5.74, 6) is 0.361. The molecule has 2 aromatic heterocycles. The lowest BCUT2D eigenvalue weighted by molar-refractivity contribution is 0.182. The van der Waals surface area contributed by atoms with Crippen LogP contribution in [0.25, 0.3) is 22.2 Å². The minimum absolute atomic E-state index is 0.164. The van der Waals surface area contributed by atoms with E-state index in [1.54, 1.807) is 12.1 Å². The van der Waals surface area contributed by atoms with Crippen molar-refractivity contribution in [1.82, 2.24) is 19.6 Å². The standard InChI is InChI=1S/C25H25N5O2/c31-25-28-23(22-8-5-13-26-24(22)30(25)32)27-21-11-9-19(10-12-21)20-7-4-6-18(16-20)17-29-14-2-1-3-15-29/h4-13,16,32H,1-3,14-15,17H2,(H,27,28,31). The van der Waals surface area contributed by atoms with Crippen molar-refractivity contribution in [3.8, 4) is 11.1 Å². The Morgan fingerprint density at radius 2 is 1.75 bits per heavy atom. The SMILES string of the molecule is O=c1nc(Nc2ccc(-c3cccc(CN4CCCCC4)c3)cc2)c2cccnc2n1O. The third kappa shape index (κ3) is 4.20. The molecular formula is C25H25N5O2. The summed E-state index contributed by atoms with van der Waals surface area (Å²) in [7, 11) is 0. The summed E-state index contributed by atoms with van der Waals surface area (Å²) in [6.45, 7) is 3.37. The first-order valence-electron chi connectivity index (χ1n) is 10.9. The Labute approximate surface area is 185 Å². The fraction of sp³-hybridized carbons (Fsp3) is 0.240. The second kappa shape index (κ2) is 8.80. The molecule has 0 saturated carbocycles. The molecule has 4 aromatic rings. The number of piperidine rings is 1. The Kier molecular flexibility index (Phi) is 5.56. The highest BCUT2D eigenvalue weighted by atomic mass is 16.5. The molecule has 162 valence electrons. The molecule has 32 heavy (non-hydrogen) atoms. The van der Waals surface area contributed by atoms with Gasteiger partial charge in [0, 0.05) is 18.4 Å². The molecule has 0 bridgehead atoms. The summed E-state index contributed by atoms with van der Waals surface area (Å²) in [6.07, 6.45) is 5.45. The molecule has 0 aliphatic carbocycles. The zero-order chi connectivity index (χ0) is 21.9. The summed E-state index contributed by atoms with van der Waals surface area (Å²) in [5, 5.41) is 13.6. The van der Waals surface area contributed by atoms with Crippen molar-refractivity contribution in [3.63, 3.8) is 0 Å². The van der Waals surface area contributed by atoms with E-state index >= 15 is 0 Å². The van der Waals surface area contributed by atoms with Gasteiger partial charge in [-0.3, -0.25) is 4.90 Å². The van der Waals surface area contributed by atoms with E-state index < -0.39 is 5.69 Å². The topological polar surface area (TPSA) is 83.3 Å². The molecule has 0 radical (unpaired) electrons. The highest BCUT2D eigenvalue weighted by Crippen LogP contribution is 2.26. The van der Waals surface area contributed by atoms with E-state index in [0.717, 1.165) is 17.8 Å². The van der Waals surface area contributed by atoms with Gasteiger partial charge >= 0.3 is 5.69 Å². The maximum atomic E-state index is 12.0. The molecule has 0 unspecified atom stereocenters. The Hall–Kier alpha value is -3.71. The van der Waals surface area contributed by atoms with Crippen LogP contribution in [0.4, 0.5) is 11.5 Å². The molecule has 0 amide bonds. The van der Waals surface area contributed by atoms with Crippen LogP contribution in [0, 0.1) is 0 Å². The van der Waals surface area contributed by atoms with Crippen molar-refractivity contribution in [3.05, 3.63) is 82.9 Å². The summed E-state index contributed by atoms with van der Waals surface area (Å²) in [4.78, 5) is 22.5. The first-order chi connectivity index (χ1) is 15.7. The van der Waals surface area contributed by atoms with Gasteiger partial charge in [0.2, 0.25) is 0 Å². The van der Waals surface area contributed by atoms with Crippen LogP contribution in [0.15, 0.2) is 71.7 Å². The Bertz CT molecular complexity index is 1290. The third-order valence-electron chi connectivity index (χ3n) is 5.89. The highest BCUT2D eigenvalue weighted by molar-refractivity contribution is 5.88. The average Bonchev–Trinajstić information content (AvgIpc) is 2.84. The van der Waals surface area contributed by atoms with Crippen LogP contribution in [-0.4, -0.2) is 37.9 Å². The molecule has 2 N–H and O–H groups in total. The van der Waals surface area contributed by atoms with E-state index in [1.165, 1.54) is 49.7 Å². The van der Waals surface area contributed by atoms with E-state index in [1.807, 2.05) is 12.1 Å². The van der Waals surface area contributed by atoms with Crippen LogP contribution in [-0.2, 0) is 6.54 Å². The Morgan fingerprint density at radius 3 is 2.56 bits per heavy atom. The van der Waals surface area contributed by atoms with E-state index in [2.05, 4.69) is 56.6 Å². The van der Waals surface area contributed by atoms with Crippen LogP contribution in [0.1, 0.15) is 24.8 Å². The molecule has 0 spiro atoms. The first kappa shape index (κ1) is 20.2. The lowest BCUT2D eigenvalue weighted by atomic mass is 10.0. The smallest absolute Gasteiger partial charge is 0.384 e. The molecule has 1 aliphatic heterocycles. The van der Waals surface area contributed by atoms with Gasteiger partial charge in [0.05, 0.1) is 5.39 Å². The minimum atomic E-state index is -0.777. The zero-order valence-electron chi connectivity index (χ0n) is 17.7. The molecule has 3 heterocycles. The van der Waals surface area contributed by atoms with E-state index in [4.69, 9.17) is 0 Å². The molecule has 2 aromatic carbocycles. The van der Waals surface area contributed by atoms with E-state index in [0.29, 0.717) is 15.9 Å². The normalized spacial score (nSPS) is 14.5. The molecule has 0 atom stereocenters. The van der Waals surface area contributed by atoms with Crippen LogP contribution in [0.5, 0.6) is 0 Å². The number of aromatic nitrogens is 3. The average molecular weight is 428 g/mol. The van der Waals surface area contributed by atoms with Gasteiger partial charge in [0.15, 0.2) is 5.65 Å². The summed E-state index contributed by atoms with van der Waals surface area (Å²) >= 11 is 0. The molecule has 1 saturated heterocycles. The number of rotatable bonds is 5. The Morgan fingerprint density at radius 1 is 0.938 bits per heavy atom. The van der Waals surface area contributed by atoms with Gasteiger partial charge in [0.1, 0.15) is 5.82 Å². The lowest BCUT2D eigenvalue weighted by Crippen LogP contribution is -2.29. The van der Waals surface area contributed by atoms with Crippen molar-refractivity contribution >= 4 is 22.5 Å². The largest absolute Gasteiger partial charge is 0.422 e. The van der Waals surface area contributed by atoms with Gasteiger partial charge < -0.3 is 10.5 Å². The van der Waals surface area contributed by atoms with Crippen LogP contribution >= 0.6 is 0 Å². The number of hydrogen-bond donors (Lipinski definition) is 2. The van der Waals surface area contributed by atoms with Crippen LogP contribution in [0.2, 0.25) is 0 Å². The van der Waals surface area contributed by atoms with Crippen molar-refractivity contribution in [2.45, 2.75) is 25.8 Å². The minimum Gasteiger partial charge on any atom is -0.422 e. The quantitative estimate of drug-likeness (QED) is 0.459.